The average Bonchev–Trinajstić information content (AvgIpc) is 2.55. The van der Waals surface area contributed by atoms with Crippen LogP contribution in [0.3, 0.4) is 0 Å². The van der Waals surface area contributed by atoms with E-state index < -0.39 is 0 Å². The van der Waals surface area contributed by atoms with Crippen molar-refractivity contribution in [3.8, 4) is 5.75 Å². The molecule has 0 aliphatic rings. The van der Waals surface area contributed by atoms with Crippen LogP contribution in [0.1, 0.15) is 5.56 Å². The highest BCUT2D eigenvalue weighted by atomic mass is 32.2. The number of amides is 1. The van der Waals surface area contributed by atoms with Gasteiger partial charge in [0, 0.05) is 11.4 Å². The molecule has 2 aromatic carbocycles. The van der Waals surface area contributed by atoms with Gasteiger partial charge in [0.15, 0.2) is 0 Å². The topological polar surface area (TPSA) is 38.3 Å². The molecule has 0 atom stereocenters. The standard InChI is InChI=1S/C17H18FNO2S/c1-21-15-6-2-13(3-7-15)10-11-19-17(20)12-22-16-8-4-14(18)5-9-16/h2-9H,10-12H2,1H3,(H,19,20). The molecule has 0 aliphatic heterocycles. The summed E-state index contributed by atoms with van der Waals surface area (Å²) in [7, 11) is 1.63. The lowest BCUT2D eigenvalue weighted by Crippen LogP contribution is -2.27. The van der Waals surface area contributed by atoms with Crippen LogP contribution in [0.5, 0.6) is 5.75 Å². The van der Waals surface area contributed by atoms with Crippen LogP contribution in [0.2, 0.25) is 0 Å². The molecule has 0 spiro atoms. The van der Waals surface area contributed by atoms with Gasteiger partial charge in [-0.3, -0.25) is 4.79 Å². The van der Waals surface area contributed by atoms with E-state index in [9.17, 15) is 9.18 Å². The van der Waals surface area contributed by atoms with Gasteiger partial charge in [-0.05, 0) is 48.4 Å². The summed E-state index contributed by atoms with van der Waals surface area (Å²) in [6.07, 6.45) is 0.775. The molecule has 116 valence electrons. The number of benzene rings is 2. The number of ether oxygens (including phenoxy) is 1. The maximum absolute atomic E-state index is 12.8. The predicted molar refractivity (Wildman–Crippen MR) is 86.8 cm³/mol. The molecule has 0 saturated carbocycles. The quantitative estimate of drug-likeness (QED) is 0.796. The predicted octanol–water partition coefficient (Wildman–Crippen LogP) is 3.29. The summed E-state index contributed by atoms with van der Waals surface area (Å²) in [4.78, 5) is 12.6. The van der Waals surface area contributed by atoms with Gasteiger partial charge in [0.05, 0.1) is 12.9 Å². The first kappa shape index (κ1) is 16.4. The van der Waals surface area contributed by atoms with Crippen molar-refractivity contribution in [1.82, 2.24) is 5.32 Å². The molecule has 0 heterocycles. The second-order valence-electron chi connectivity index (χ2n) is 4.69. The molecule has 0 bridgehead atoms. The molecule has 0 fully saturated rings. The number of rotatable bonds is 7. The number of carbonyl (C=O) groups excluding carboxylic acids is 1. The van der Waals surface area contributed by atoms with Gasteiger partial charge in [-0.1, -0.05) is 12.1 Å². The summed E-state index contributed by atoms with van der Waals surface area (Å²) in [5, 5.41) is 2.88. The van der Waals surface area contributed by atoms with Crippen molar-refractivity contribution in [2.24, 2.45) is 0 Å². The zero-order valence-corrected chi connectivity index (χ0v) is 13.2. The minimum Gasteiger partial charge on any atom is -0.497 e. The summed E-state index contributed by atoms with van der Waals surface area (Å²) >= 11 is 1.39. The minimum absolute atomic E-state index is 0.0252. The number of nitrogens with one attached hydrogen (secondary N) is 1. The zero-order chi connectivity index (χ0) is 15.8. The third kappa shape index (κ3) is 5.41. The highest BCUT2D eigenvalue weighted by Gasteiger charge is 2.03. The van der Waals surface area contributed by atoms with E-state index >= 15 is 0 Å². The van der Waals surface area contributed by atoms with Gasteiger partial charge in [-0.15, -0.1) is 11.8 Å². The molecule has 0 aromatic heterocycles. The minimum atomic E-state index is -0.270. The molecular formula is C17H18FNO2S. The monoisotopic (exact) mass is 319 g/mol. The summed E-state index contributed by atoms with van der Waals surface area (Å²) in [5.74, 6) is 0.855. The first-order valence-electron chi connectivity index (χ1n) is 6.95. The number of halogens is 1. The van der Waals surface area contributed by atoms with Crippen LogP contribution in [0, 0.1) is 5.82 Å². The zero-order valence-electron chi connectivity index (χ0n) is 12.3. The van der Waals surface area contributed by atoms with Crippen molar-refractivity contribution >= 4 is 17.7 Å². The molecule has 3 nitrogen and oxygen atoms in total. The Kier molecular flexibility index (Phi) is 6.27. The summed E-state index contributed by atoms with van der Waals surface area (Å²) in [5.41, 5.74) is 1.15. The van der Waals surface area contributed by atoms with Gasteiger partial charge in [-0.2, -0.15) is 0 Å². The Hall–Kier alpha value is -2.01. The van der Waals surface area contributed by atoms with Crippen molar-refractivity contribution < 1.29 is 13.9 Å². The Labute approximate surface area is 133 Å². The van der Waals surface area contributed by atoms with E-state index in [1.54, 1.807) is 19.2 Å². The maximum Gasteiger partial charge on any atom is 0.230 e. The van der Waals surface area contributed by atoms with E-state index in [2.05, 4.69) is 5.32 Å². The number of hydrogen-bond acceptors (Lipinski definition) is 3. The number of carbonyl (C=O) groups is 1. The van der Waals surface area contributed by atoms with E-state index in [1.165, 1.54) is 23.9 Å². The fourth-order valence-electron chi connectivity index (χ4n) is 1.87. The van der Waals surface area contributed by atoms with Crippen molar-refractivity contribution in [1.29, 1.82) is 0 Å². The Morgan fingerprint density at radius 2 is 1.82 bits per heavy atom. The molecular weight excluding hydrogens is 301 g/mol. The average molecular weight is 319 g/mol. The van der Waals surface area contributed by atoms with E-state index in [1.807, 2.05) is 24.3 Å². The number of methoxy groups -OCH3 is 1. The van der Waals surface area contributed by atoms with Crippen LogP contribution in [0.25, 0.3) is 0 Å². The van der Waals surface area contributed by atoms with Crippen molar-refractivity contribution in [3.05, 3.63) is 59.9 Å². The van der Waals surface area contributed by atoms with Gasteiger partial charge in [0.1, 0.15) is 11.6 Å². The van der Waals surface area contributed by atoms with Crippen molar-refractivity contribution in [2.45, 2.75) is 11.3 Å². The molecule has 2 rings (SSSR count). The van der Waals surface area contributed by atoms with E-state index in [-0.39, 0.29) is 11.7 Å². The number of hydrogen-bond donors (Lipinski definition) is 1. The second-order valence-corrected chi connectivity index (χ2v) is 5.74. The first-order chi connectivity index (χ1) is 10.7. The third-order valence-electron chi connectivity index (χ3n) is 3.08. The number of thioether (sulfide) groups is 1. The van der Waals surface area contributed by atoms with Gasteiger partial charge in [-0.25, -0.2) is 4.39 Å². The normalized spacial score (nSPS) is 10.3. The Morgan fingerprint density at radius 1 is 1.14 bits per heavy atom. The van der Waals surface area contributed by atoms with Gasteiger partial charge < -0.3 is 10.1 Å². The molecule has 0 saturated heterocycles. The summed E-state index contributed by atoms with van der Waals surface area (Å²) < 4.78 is 17.9. The van der Waals surface area contributed by atoms with Crippen LogP contribution >= 0.6 is 11.8 Å². The second kappa shape index (κ2) is 8.44. The van der Waals surface area contributed by atoms with Gasteiger partial charge in [0.25, 0.3) is 0 Å². The Bertz CT molecular complexity index is 599. The summed E-state index contributed by atoms with van der Waals surface area (Å²) in [6.45, 7) is 0.592. The van der Waals surface area contributed by atoms with Crippen LogP contribution < -0.4 is 10.1 Å². The fourth-order valence-corrected chi connectivity index (χ4v) is 2.60. The highest BCUT2D eigenvalue weighted by Crippen LogP contribution is 2.17. The van der Waals surface area contributed by atoms with Gasteiger partial charge >= 0.3 is 0 Å². The summed E-state index contributed by atoms with van der Waals surface area (Å²) in [6, 6.07) is 13.9. The molecule has 0 unspecified atom stereocenters. The molecule has 0 aliphatic carbocycles. The van der Waals surface area contributed by atoms with Crippen LogP contribution in [0.4, 0.5) is 4.39 Å². The smallest absolute Gasteiger partial charge is 0.230 e. The largest absolute Gasteiger partial charge is 0.497 e. The molecule has 0 radical (unpaired) electrons. The fraction of sp³-hybridized carbons (Fsp3) is 0.235. The molecule has 2 aromatic rings. The van der Waals surface area contributed by atoms with Gasteiger partial charge in [0.2, 0.25) is 5.91 Å². The van der Waals surface area contributed by atoms with E-state index in [0.717, 1.165) is 22.6 Å². The highest BCUT2D eigenvalue weighted by molar-refractivity contribution is 8.00. The lowest BCUT2D eigenvalue weighted by molar-refractivity contribution is -0.118. The van der Waals surface area contributed by atoms with E-state index in [0.29, 0.717) is 12.3 Å². The van der Waals surface area contributed by atoms with Crippen LogP contribution in [-0.2, 0) is 11.2 Å². The molecule has 1 amide bonds. The lowest BCUT2D eigenvalue weighted by atomic mass is 10.1. The van der Waals surface area contributed by atoms with Crippen LogP contribution in [0.15, 0.2) is 53.4 Å². The molecule has 5 heteroatoms. The Balaban J connectivity index is 1.67. The van der Waals surface area contributed by atoms with Crippen molar-refractivity contribution in [2.75, 3.05) is 19.4 Å². The molecule has 22 heavy (non-hydrogen) atoms. The van der Waals surface area contributed by atoms with E-state index in [4.69, 9.17) is 4.74 Å². The van der Waals surface area contributed by atoms with Crippen molar-refractivity contribution in [3.63, 3.8) is 0 Å². The molecule has 1 N–H and O–H groups in total. The van der Waals surface area contributed by atoms with Crippen LogP contribution in [-0.4, -0.2) is 25.3 Å². The SMILES string of the molecule is COc1ccc(CCNC(=O)CSc2ccc(F)cc2)cc1. The first-order valence-corrected chi connectivity index (χ1v) is 7.94. The Morgan fingerprint density at radius 3 is 2.45 bits per heavy atom. The third-order valence-corrected chi connectivity index (χ3v) is 4.09. The lowest BCUT2D eigenvalue weighted by Gasteiger charge is -2.06. The maximum atomic E-state index is 12.8.